The third-order valence-corrected chi connectivity index (χ3v) is 7.55. The summed E-state index contributed by atoms with van der Waals surface area (Å²) in [7, 11) is 7.37. The van der Waals surface area contributed by atoms with Gasteiger partial charge in [-0.3, -0.25) is 9.59 Å². The molecule has 0 amide bonds. The first-order valence-corrected chi connectivity index (χ1v) is 13.0. The number of esters is 1. The largest absolute Gasteiger partial charge is 0.465 e. The summed E-state index contributed by atoms with van der Waals surface area (Å²) in [5.74, 6) is -1.75. The molecule has 0 radical (unpaired) electrons. The van der Waals surface area contributed by atoms with Crippen molar-refractivity contribution in [2.24, 2.45) is 17.8 Å². The molecular formula is C27H49NO7. The van der Waals surface area contributed by atoms with Crippen LogP contribution in [-0.4, -0.2) is 87.8 Å². The highest BCUT2D eigenvalue weighted by Gasteiger charge is 2.47. The van der Waals surface area contributed by atoms with Crippen molar-refractivity contribution >= 4 is 18.0 Å². The van der Waals surface area contributed by atoms with Crippen molar-refractivity contribution in [1.82, 2.24) is 4.90 Å². The molecule has 0 aromatic heterocycles. The Morgan fingerprint density at radius 2 is 1.89 bits per heavy atom. The Bertz CT molecular complexity index is 670. The SMILES string of the molecule is CCCCOC(=O)CC(=O)[C@H](C)[C@@H](C[C@@H]1O[C@H](C)CC(N(C)C)C1OC)[C@@](C)(C[C@@H](C)C=O)OC. The number of aldehydes is 1. The smallest absolute Gasteiger partial charge is 0.313 e. The minimum atomic E-state index is -0.780. The molecule has 0 aromatic carbocycles. The minimum absolute atomic E-state index is 0.0294. The Balaban J connectivity index is 3.24. The van der Waals surface area contributed by atoms with Gasteiger partial charge in [0, 0.05) is 32.1 Å². The average Bonchev–Trinajstić information content (AvgIpc) is 2.81. The third kappa shape index (κ3) is 9.23. The van der Waals surface area contributed by atoms with Crippen LogP contribution in [0.25, 0.3) is 0 Å². The Kier molecular flexibility index (Phi) is 13.6. The molecule has 0 aromatic rings. The average molecular weight is 500 g/mol. The summed E-state index contributed by atoms with van der Waals surface area (Å²) in [6, 6.07) is 0.164. The van der Waals surface area contributed by atoms with Gasteiger partial charge in [0.15, 0.2) is 0 Å². The molecule has 0 aliphatic carbocycles. The Hall–Kier alpha value is -1.35. The molecule has 1 aliphatic heterocycles. The van der Waals surface area contributed by atoms with E-state index in [-0.39, 0.29) is 48.4 Å². The van der Waals surface area contributed by atoms with Crippen LogP contribution in [0.2, 0.25) is 0 Å². The van der Waals surface area contributed by atoms with Crippen LogP contribution in [0.1, 0.15) is 73.1 Å². The monoisotopic (exact) mass is 499 g/mol. The molecule has 1 heterocycles. The van der Waals surface area contributed by atoms with Crippen LogP contribution >= 0.6 is 0 Å². The third-order valence-electron chi connectivity index (χ3n) is 7.55. The Morgan fingerprint density at radius 1 is 1.23 bits per heavy atom. The predicted octanol–water partition coefficient (Wildman–Crippen LogP) is 3.68. The van der Waals surface area contributed by atoms with Crippen molar-refractivity contribution in [3.63, 3.8) is 0 Å². The summed E-state index contributed by atoms with van der Waals surface area (Å²) < 4.78 is 23.5. The van der Waals surface area contributed by atoms with Crippen LogP contribution in [0.5, 0.6) is 0 Å². The number of ketones is 1. The van der Waals surface area contributed by atoms with E-state index in [0.717, 1.165) is 25.5 Å². The lowest BCUT2D eigenvalue weighted by molar-refractivity contribution is -0.176. The summed E-state index contributed by atoms with van der Waals surface area (Å²) in [4.78, 5) is 39.2. The Labute approximate surface area is 212 Å². The molecule has 0 bridgehead atoms. The van der Waals surface area contributed by atoms with Gasteiger partial charge in [-0.05, 0) is 59.5 Å². The number of Topliss-reactive ketones (excluding diaryl/α,β-unsaturated/α-hetero) is 1. The van der Waals surface area contributed by atoms with Crippen LogP contribution in [0.4, 0.5) is 0 Å². The van der Waals surface area contributed by atoms with E-state index in [2.05, 4.69) is 11.8 Å². The van der Waals surface area contributed by atoms with E-state index in [1.807, 2.05) is 41.8 Å². The van der Waals surface area contributed by atoms with E-state index in [9.17, 15) is 14.4 Å². The van der Waals surface area contributed by atoms with Gasteiger partial charge in [-0.2, -0.15) is 0 Å². The van der Waals surface area contributed by atoms with Crippen LogP contribution in [0.3, 0.4) is 0 Å². The van der Waals surface area contributed by atoms with E-state index in [1.165, 1.54) is 0 Å². The Morgan fingerprint density at radius 3 is 2.40 bits per heavy atom. The molecule has 1 saturated heterocycles. The summed E-state index contributed by atoms with van der Waals surface area (Å²) in [5, 5.41) is 0. The summed E-state index contributed by atoms with van der Waals surface area (Å²) in [6.45, 7) is 10.0. The molecule has 0 spiro atoms. The number of nitrogens with zero attached hydrogens (tertiary/aromatic N) is 1. The minimum Gasteiger partial charge on any atom is -0.465 e. The van der Waals surface area contributed by atoms with Crippen LogP contribution in [0, 0.1) is 17.8 Å². The number of hydrogen-bond donors (Lipinski definition) is 0. The fraction of sp³-hybridized carbons (Fsp3) is 0.889. The number of methoxy groups -OCH3 is 2. The van der Waals surface area contributed by atoms with Gasteiger partial charge in [-0.25, -0.2) is 0 Å². The van der Waals surface area contributed by atoms with Gasteiger partial charge < -0.3 is 28.6 Å². The molecular weight excluding hydrogens is 450 g/mol. The van der Waals surface area contributed by atoms with E-state index < -0.39 is 17.5 Å². The highest BCUT2D eigenvalue weighted by atomic mass is 16.5. The second kappa shape index (κ2) is 15.0. The van der Waals surface area contributed by atoms with E-state index in [1.54, 1.807) is 14.2 Å². The van der Waals surface area contributed by atoms with Crippen LogP contribution in [-0.2, 0) is 33.3 Å². The van der Waals surface area contributed by atoms with Crippen LogP contribution in [0.15, 0.2) is 0 Å². The highest BCUT2D eigenvalue weighted by Crippen LogP contribution is 2.40. The molecule has 0 N–H and O–H groups in total. The lowest BCUT2D eigenvalue weighted by atomic mass is 9.70. The second-order valence-corrected chi connectivity index (χ2v) is 10.6. The zero-order valence-corrected chi connectivity index (χ0v) is 23.4. The van der Waals surface area contributed by atoms with Gasteiger partial charge in [0.1, 0.15) is 18.5 Å². The number of likely N-dealkylation sites (N-methyl/N-ethyl adjacent to an activating group) is 1. The summed E-state index contributed by atoms with van der Waals surface area (Å²) in [5.41, 5.74) is -0.780. The topological polar surface area (TPSA) is 91.4 Å². The molecule has 2 unspecified atom stereocenters. The van der Waals surface area contributed by atoms with Crippen LogP contribution < -0.4 is 0 Å². The van der Waals surface area contributed by atoms with Gasteiger partial charge in [-0.15, -0.1) is 0 Å². The zero-order valence-electron chi connectivity index (χ0n) is 23.4. The van der Waals surface area contributed by atoms with Gasteiger partial charge in [0.25, 0.3) is 0 Å². The summed E-state index contributed by atoms with van der Waals surface area (Å²) in [6.07, 6.45) is 3.68. The highest BCUT2D eigenvalue weighted by molar-refractivity contribution is 5.96. The van der Waals surface area contributed by atoms with Gasteiger partial charge in [0.2, 0.25) is 0 Å². The lowest BCUT2D eigenvalue weighted by Gasteiger charge is -2.47. The quantitative estimate of drug-likeness (QED) is 0.137. The molecule has 35 heavy (non-hydrogen) atoms. The number of hydrogen-bond acceptors (Lipinski definition) is 8. The fourth-order valence-electron chi connectivity index (χ4n) is 5.37. The molecule has 0 saturated carbocycles. The predicted molar refractivity (Wildman–Crippen MR) is 135 cm³/mol. The van der Waals surface area contributed by atoms with E-state index in [0.29, 0.717) is 19.4 Å². The van der Waals surface area contributed by atoms with Gasteiger partial charge in [0.05, 0.1) is 30.5 Å². The normalized spacial score (nSPS) is 27.0. The standard InChI is InChI=1S/C27H49NO7/c1-10-11-12-34-25(31)15-23(30)20(4)21(27(5,33-9)16-18(2)17-29)14-24-26(32-8)22(28(6)7)13-19(3)35-24/h17-22,24,26H,10-16H2,1-9H3/t18-,19-,20-,21-,22?,24+,26?,27-/m1/s1. The van der Waals surface area contributed by atoms with Gasteiger partial charge in [-0.1, -0.05) is 27.2 Å². The first-order valence-electron chi connectivity index (χ1n) is 13.0. The number of carbonyl (C=O) groups is 3. The molecule has 1 fully saturated rings. The molecule has 8 atom stereocenters. The molecule has 8 heteroatoms. The zero-order chi connectivity index (χ0) is 26.8. The molecule has 1 rings (SSSR count). The molecule has 8 nitrogen and oxygen atoms in total. The first-order chi connectivity index (χ1) is 16.4. The number of carbonyl (C=O) groups excluding carboxylic acids is 3. The number of unbranched alkanes of at least 4 members (excludes halogenated alkanes) is 1. The van der Waals surface area contributed by atoms with Crippen molar-refractivity contribution in [3.8, 4) is 0 Å². The van der Waals surface area contributed by atoms with Crippen molar-refractivity contribution in [3.05, 3.63) is 0 Å². The summed E-state index contributed by atoms with van der Waals surface area (Å²) >= 11 is 0. The lowest BCUT2D eigenvalue weighted by Crippen LogP contribution is -2.56. The maximum Gasteiger partial charge on any atom is 0.313 e. The second-order valence-electron chi connectivity index (χ2n) is 10.6. The van der Waals surface area contributed by atoms with Crippen molar-refractivity contribution < 1.29 is 33.3 Å². The van der Waals surface area contributed by atoms with Crippen molar-refractivity contribution in [1.29, 1.82) is 0 Å². The van der Waals surface area contributed by atoms with E-state index >= 15 is 0 Å². The van der Waals surface area contributed by atoms with Gasteiger partial charge >= 0.3 is 5.97 Å². The number of ether oxygens (including phenoxy) is 4. The fourth-order valence-corrected chi connectivity index (χ4v) is 5.37. The molecule has 1 aliphatic rings. The van der Waals surface area contributed by atoms with E-state index in [4.69, 9.17) is 18.9 Å². The first kappa shape index (κ1) is 31.7. The maximum atomic E-state index is 13.3. The van der Waals surface area contributed by atoms with Crippen molar-refractivity contribution in [2.45, 2.75) is 103 Å². The van der Waals surface area contributed by atoms with Crippen molar-refractivity contribution in [2.75, 3.05) is 34.9 Å². The number of rotatable bonds is 16. The maximum absolute atomic E-state index is 13.3. The molecule has 204 valence electrons.